The number of hydrogen-bond donors (Lipinski definition) is 1. The molecule has 1 saturated heterocycles. The van der Waals surface area contributed by atoms with Crippen molar-refractivity contribution < 1.29 is 23.9 Å². The molecule has 3 aliphatic heterocycles. The molecular formula is C26H27N3O5. The highest BCUT2D eigenvalue weighted by molar-refractivity contribution is 6.10. The van der Waals surface area contributed by atoms with E-state index in [1.54, 1.807) is 15.9 Å². The Kier molecular flexibility index (Phi) is 5.16. The minimum atomic E-state index is -0.685. The van der Waals surface area contributed by atoms with Crippen LogP contribution in [0.25, 0.3) is 11.1 Å². The van der Waals surface area contributed by atoms with E-state index in [1.807, 2.05) is 30.3 Å². The normalized spacial score (nSPS) is 22.1. The Bertz CT molecular complexity index is 1170. The molecule has 0 unspecified atom stereocenters. The van der Waals surface area contributed by atoms with Gasteiger partial charge < -0.3 is 24.6 Å². The predicted octanol–water partition coefficient (Wildman–Crippen LogP) is 3.27. The van der Waals surface area contributed by atoms with Gasteiger partial charge in [0.15, 0.2) is 11.5 Å². The van der Waals surface area contributed by atoms with Crippen LogP contribution in [0.5, 0.6) is 11.5 Å². The summed E-state index contributed by atoms with van der Waals surface area (Å²) >= 11 is 0. The summed E-state index contributed by atoms with van der Waals surface area (Å²) in [5.41, 5.74) is 2.70. The van der Waals surface area contributed by atoms with E-state index in [4.69, 9.17) is 9.47 Å². The van der Waals surface area contributed by atoms with Gasteiger partial charge >= 0.3 is 0 Å². The topological polar surface area (TPSA) is 88.2 Å². The molecule has 1 saturated carbocycles. The Balaban J connectivity index is 1.26. The molecule has 0 bridgehead atoms. The maximum absolute atomic E-state index is 13.6. The molecule has 1 atom stereocenters. The van der Waals surface area contributed by atoms with Gasteiger partial charge in [-0.3, -0.25) is 14.4 Å². The lowest BCUT2D eigenvalue weighted by atomic mass is 9.88. The molecule has 8 heteroatoms. The molecular weight excluding hydrogens is 434 g/mol. The highest BCUT2D eigenvalue weighted by Gasteiger charge is 2.41. The van der Waals surface area contributed by atoms with Crippen molar-refractivity contribution in [3.05, 3.63) is 42.0 Å². The molecule has 0 aromatic heterocycles. The van der Waals surface area contributed by atoms with Gasteiger partial charge in [0.2, 0.25) is 18.6 Å². The molecule has 2 aromatic rings. The molecule has 1 aliphatic carbocycles. The summed E-state index contributed by atoms with van der Waals surface area (Å²) in [5, 5.41) is 2.93. The minimum absolute atomic E-state index is 0.0475. The van der Waals surface area contributed by atoms with Crippen molar-refractivity contribution in [1.82, 2.24) is 9.80 Å². The Hall–Kier alpha value is -3.55. The zero-order valence-corrected chi connectivity index (χ0v) is 18.9. The van der Waals surface area contributed by atoms with Crippen LogP contribution in [0.1, 0.15) is 42.5 Å². The van der Waals surface area contributed by atoms with Gasteiger partial charge in [0.25, 0.3) is 5.91 Å². The number of ether oxygens (including phenoxy) is 2. The van der Waals surface area contributed by atoms with Crippen LogP contribution in [0.15, 0.2) is 36.4 Å². The van der Waals surface area contributed by atoms with Crippen molar-refractivity contribution >= 4 is 23.4 Å². The number of nitrogens with one attached hydrogen (secondary N) is 1. The molecule has 34 heavy (non-hydrogen) atoms. The average molecular weight is 462 g/mol. The summed E-state index contributed by atoms with van der Waals surface area (Å²) < 4.78 is 10.9. The fourth-order valence-corrected chi connectivity index (χ4v) is 5.51. The molecule has 3 heterocycles. The lowest BCUT2D eigenvalue weighted by molar-refractivity contribution is -0.140. The first-order chi connectivity index (χ1) is 16.6. The lowest BCUT2D eigenvalue weighted by Gasteiger charge is -2.40. The van der Waals surface area contributed by atoms with E-state index in [2.05, 4.69) is 5.32 Å². The number of piperazine rings is 1. The van der Waals surface area contributed by atoms with Crippen molar-refractivity contribution in [3.8, 4) is 22.6 Å². The SMILES string of the molecule is O=C1Nc2ccc(-c3ccc4c(c3)OCO4)cc2C(=O)N2CCN(C(=O)C3CCCCC3)C[C@H]12. The van der Waals surface area contributed by atoms with Crippen LogP contribution in [-0.2, 0) is 9.59 Å². The second-order valence-corrected chi connectivity index (χ2v) is 9.45. The summed E-state index contributed by atoms with van der Waals surface area (Å²) in [7, 11) is 0. The van der Waals surface area contributed by atoms with Crippen LogP contribution < -0.4 is 14.8 Å². The fourth-order valence-electron chi connectivity index (χ4n) is 5.51. The number of hydrogen-bond acceptors (Lipinski definition) is 5. The van der Waals surface area contributed by atoms with E-state index in [9.17, 15) is 14.4 Å². The summed E-state index contributed by atoms with van der Waals surface area (Å²) in [6.07, 6.45) is 5.19. The minimum Gasteiger partial charge on any atom is -0.454 e. The number of fused-ring (bicyclic) bond motifs is 3. The van der Waals surface area contributed by atoms with Gasteiger partial charge in [-0.15, -0.1) is 0 Å². The van der Waals surface area contributed by atoms with Gasteiger partial charge in [0.05, 0.1) is 17.8 Å². The monoisotopic (exact) mass is 461 g/mol. The van der Waals surface area contributed by atoms with Gasteiger partial charge in [0, 0.05) is 19.0 Å². The molecule has 0 spiro atoms. The van der Waals surface area contributed by atoms with E-state index in [0.29, 0.717) is 35.8 Å². The van der Waals surface area contributed by atoms with Gasteiger partial charge in [0.1, 0.15) is 6.04 Å². The van der Waals surface area contributed by atoms with Crippen LogP contribution in [0.2, 0.25) is 0 Å². The van der Waals surface area contributed by atoms with Crippen LogP contribution in [0.3, 0.4) is 0 Å². The lowest BCUT2D eigenvalue weighted by Crippen LogP contribution is -2.60. The maximum Gasteiger partial charge on any atom is 0.256 e. The predicted molar refractivity (Wildman–Crippen MR) is 125 cm³/mol. The number of carbonyl (C=O) groups is 3. The molecule has 0 radical (unpaired) electrons. The average Bonchev–Trinajstić information content (AvgIpc) is 3.32. The number of amides is 3. The summed E-state index contributed by atoms with van der Waals surface area (Å²) in [5.74, 6) is 1.11. The standard InChI is InChI=1S/C26H27N3O5/c30-24-21-14-28(25(31)16-4-2-1-3-5-16)10-11-29(21)26(32)19-12-17(6-8-20(19)27-24)18-7-9-22-23(13-18)34-15-33-22/h6-9,12-13,16,21H,1-5,10-11,14-15H2,(H,27,30)/t21-/m1/s1. The van der Waals surface area contributed by atoms with Crippen molar-refractivity contribution in [2.75, 3.05) is 31.7 Å². The quantitative estimate of drug-likeness (QED) is 0.742. The fraction of sp³-hybridized carbons (Fsp3) is 0.423. The number of rotatable bonds is 2. The van der Waals surface area contributed by atoms with Crippen LogP contribution >= 0.6 is 0 Å². The van der Waals surface area contributed by atoms with Gasteiger partial charge in [-0.2, -0.15) is 0 Å². The number of nitrogens with zero attached hydrogens (tertiary/aromatic N) is 2. The molecule has 3 amide bonds. The number of benzene rings is 2. The third kappa shape index (κ3) is 3.57. The molecule has 176 valence electrons. The van der Waals surface area contributed by atoms with E-state index in [1.165, 1.54) is 6.42 Å². The molecule has 4 aliphatic rings. The van der Waals surface area contributed by atoms with Gasteiger partial charge in [-0.05, 0) is 48.2 Å². The molecule has 6 rings (SSSR count). The van der Waals surface area contributed by atoms with Crippen LogP contribution in [-0.4, -0.2) is 60.0 Å². The molecule has 2 fully saturated rings. The second-order valence-electron chi connectivity index (χ2n) is 9.45. The third-order valence-electron chi connectivity index (χ3n) is 7.42. The van der Waals surface area contributed by atoms with E-state index >= 15 is 0 Å². The van der Waals surface area contributed by atoms with Crippen molar-refractivity contribution in [3.63, 3.8) is 0 Å². The number of anilines is 1. The summed E-state index contributed by atoms with van der Waals surface area (Å²) in [6, 6.07) is 10.5. The molecule has 8 nitrogen and oxygen atoms in total. The van der Waals surface area contributed by atoms with E-state index in [-0.39, 0.29) is 37.0 Å². The summed E-state index contributed by atoms with van der Waals surface area (Å²) in [6.45, 7) is 1.26. The third-order valence-corrected chi connectivity index (χ3v) is 7.42. The Morgan fingerprint density at radius 1 is 0.912 bits per heavy atom. The first kappa shape index (κ1) is 21.0. The zero-order valence-electron chi connectivity index (χ0n) is 18.9. The highest BCUT2D eigenvalue weighted by atomic mass is 16.7. The largest absolute Gasteiger partial charge is 0.454 e. The maximum atomic E-state index is 13.6. The second kappa shape index (κ2) is 8.34. The first-order valence-corrected chi connectivity index (χ1v) is 12.0. The van der Waals surface area contributed by atoms with Gasteiger partial charge in [-0.25, -0.2) is 0 Å². The Morgan fingerprint density at radius 2 is 1.68 bits per heavy atom. The molecule has 2 aromatic carbocycles. The van der Waals surface area contributed by atoms with Crippen LogP contribution in [0, 0.1) is 5.92 Å². The summed E-state index contributed by atoms with van der Waals surface area (Å²) in [4.78, 5) is 43.1. The zero-order chi connectivity index (χ0) is 23.2. The van der Waals surface area contributed by atoms with E-state index in [0.717, 1.165) is 36.8 Å². The van der Waals surface area contributed by atoms with Gasteiger partial charge in [-0.1, -0.05) is 31.4 Å². The number of carbonyl (C=O) groups excluding carboxylic acids is 3. The first-order valence-electron chi connectivity index (χ1n) is 12.0. The highest BCUT2D eigenvalue weighted by Crippen LogP contribution is 2.37. The van der Waals surface area contributed by atoms with Crippen molar-refractivity contribution in [2.45, 2.75) is 38.1 Å². The van der Waals surface area contributed by atoms with Crippen molar-refractivity contribution in [2.24, 2.45) is 5.92 Å². The van der Waals surface area contributed by atoms with E-state index < -0.39 is 6.04 Å². The Morgan fingerprint density at radius 3 is 2.53 bits per heavy atom. The Labute approximate surface area is 197 Å². The smallest absolute Gasteiger partial charge is 0.256 e. The molecule has 1 N–H and O–H groups in total. The van der Waals surface area contributed by atoms with Crippen LogP contribution in [0.4, 0.5) is 5.69 Å². The van der Waals surface area contributed by atoms with Crippen molar-refractivity contribution in [1.29, 1.82) is 0 Å².